The highest BCUT2D eigenvalue weighted by Gasteiger charge is 2.08. The maximum Gasteiger partial charge on any atom is 0.182 e. The molecule has 16 heavy (non-hydrogen) atoms. The van der Waals surface area contributed by atoms with Gasteiger partial charge in [-0.3, -0.25) is 0 Å². The average molecular weight is 253 g/mol. The Kier molecular flexibility index (Phi) is 3.90. The van der Waals surface area contributed by atoms with Gasteiger partial charge in [0.2, 0.25) is 0 Å². The summed E-state index contributed by atoms with van der Waals surface area (Å²) in [4.78, 5) is 8.78. The molecule has 3 nitrogen and oxygen atoms in total. The van der Waals surface area contributed by atoms with Crippen LogP contribution in [0.5, 0.6) is 0 Å². The highest BCUT2D eigenvalue weighted by Crippen LogP contribution is 2.20. The van der Waals surface area contributed by atoms with Crippen molar-refractivity contribution in [1.29, 1.82) is 0 Å². The predicted molar refractivity (Wildman–Crippen MR) is 70.5 cm³/mol. The largest absolute Gasteiger partial charge is 0.361 e. The number of nitrogens with one attached hydrogen (secondary N) is 1. The van der Waals surface area contributed by atoms with Crippen molar-refractivity contribution in [2.75, 3.05) is 11.9 Å². The Bertz CT molecular complexity index is 422. The number of anilines is 1. The van der Waals surface area contributed by atoms with Gasteiger partial charge in [-0.1, -0.05) is 13.8 Å². The molecule has 1 N–H and O–H groups in total. The molecule has 0 fully saturated rings. The van der Waals surface area contributed by atoms with E-state index in [4.69, 9.17) is 0 Å². The minimum atomic E-state index is 0.439. The molecule has 2 aromatic heterocycles. The maximum atomic E-state index is 4.47. The van der Waals surface area contributed by atoms with Crippen LogP contribution in [0.2, 0.25) is 0 Å². The van der Waals surface area contributed by atoms with E-state index in [1.807, 2.05) is 11.6 Å². The summed E-state index contributed by atoms with van der Waals surface area (Å²) in [6.07, 6.45) is 2.86. The fraction of sp³-hybridized carbons (Fsp3) is 0.455. The minimum absolute atomic E-state index is 0.439. The molecule has 0 aliphatic carbocycles. The maximum absolute atomic E-state index is 4.47. The Hall–Kier alpha value is -0.940. The van der Waals surface area contributed by atoms with Crippen LogP contribution in [0.1, 0.15) is 30.5 Å². The molecule has 0 aliphatic rings. The Labute approximate surface area is 104 Å². The molecule has 2 heterocycles. The molecule has 0 radical (unpaired) electrons. The molecule has 2 aromatic rings. The van der Waals surface area contributed by atoms with Gasteiger partial charge >= 0.3 is 0 Å². The first-order chi connectivity index (χ1) is 7.79. The first-order valence-corrected chi connectivity index (χ1v) is 7.13. The monoisotopic (exact) mass is 253 g/mol. The fourth-order valence-corrected chi connectivity index (χ4v) is 2.86. The molecular formula is C11H15N3S2. The number of aryl methyl sites for hydroxylation is 1. The van der Waals surface area contributed by atoms with Gasteiger partial charge in [0, 0.05) is 29.4 Å². The van der Waals surface area contributed by atoms with Crippen molar-refractivity contribution in [3.8, 4) is 0 Å². The van der Waals surface area contributed by atoms with Crippen LogP contribution in [0.15, 0.2) is 17.0 Å². The van der Waals surface area contributed by atoms with E-state index in [2.05, 4.69) is 34.5 Å². The van der Waals surface area contributed by atoms with E-state index in [1.54, 1.807) is 22.7 Å². The lowest BCUT2D eigenvalue weighted by atomic mass is 10.2. The highest BCUT2D eigenvalue weighted by atomic mass is 32.1. The van der Waals surface area contributed by atoms with Crippen molar-refractivity contribution in [3.63, 3.8) is 0 Å². The van der Waals surface area contributed by atoms with Gasteiger partial charge in [0.1, 0.15) is 0 Å². The summed E-state index contributed by atoms with van der Waals surface area (Å²) in [5.41, 5.74) is 1.16. The van der Waals surface area contributed by atoms with Crippen molar-refractivity contribution in [3.05, 3.63) is 27.7 Å². The van der Waals surface area contributed by atoms with Gasteiger partial charge in [0.05, 0.1) is 10.7 Å². The smallest absolute Gasteiger partial charge is 0.182 e. The summed E-state index contributed by atoms with van der Waals surface area (Å²) in [6.45, 7) is 5.20. The summed E-state index contributed by atoms with van der Waals surface area (Å²) >= 11 is 3.38. The van der Waals surface area contributed by atoms with Gasteiger partial charge in [0.15, 0.2) is 5.13 Å². The van der Waals surface area contributed by atoms with Crippen LogP contribution in [0.3, 0.4) is 0 Å². The van der Waals surface area contributed by atoms with Gasteiger partial charge in [-0.2, -0.15) is 0 Å². The Morgan fingerprint density at radius 1 is 1.44 bits per heavy atom. The number of nitrogens with zero attached hydrogens (tertiary/aromatic N) is 2. The summed E-state index contributed by atoms with van der Waals surface area (Å²) in [5, 5.41) is 9.68. The molecule has 0 saturated carbocycles. The van der Waals surface area contributed by atoms with Crippen LogP contribution >= 0.6 is 22.7 Å². The molecule has 86 valence electrons. The van der Waals surface area contributed by atoms with Crippen LogP contribution in [-0.4, -0.2) is 16.5 Å². The third kappa shape index (κ3) is 2.80. The SMILES string of the molecule is CCc1csc(NCC(C)c2nccs2)n1. The standard InChI is InChI=1S/C11H15N3S2/c1-3-9-7-16-11(14-9)13-6-8(2)10-12-4-5-15-10/h4-5,7-8H,3,6H2,1-2H3,(H,13,14). The zero-order valence-electron chi connectivity index (χ0n) is 9.43. The third-order valence-corrected chi connectivity index (χ3v) is 4.20. The van der Waals surface area contributed by atoms with Gasteiger partial charge in [0.25, 0.3) is 0 Å². The molecule has 0 aromatic carbocycles. The number of thiazole rings is 2. The second kappa shape index (κ2) is 5.41. The lowest BCUT2D eigenvalue weighted by Gasteiger charge is -2.08. The van der Waals surface area contributed by atoms with Gasteiger partial charge in [-0.05, 0) is 6.42 Å². The van der Waals surface area contributed by atoms with Gasteiger partial charge in [-0.15, -0.1) is 22.7 Å². The number of aromatic nitrogens is 2. The first kappa shape index (κ1) is 11.5. The molecule has 0 spiro atoms. The van der Waals surface area contributed by atoms with E-state index in [0.717, 1.165) is 23.8 Å². The van der Waals surface area contributed by atoms with Crippen molar-refractivity contribution in [1.82, 2.24) is 9.97 Å². The molecule has 1 unspecified atom stereocenters. The van der Waals surface area contributed by atoms with Crippen molar-refractivity contribution < 1.29 is 0 Å². The molecule has 0 amide bonds. The minimum Gasteiger partial charge on any atom is -0.361 e. The Morgan fingerprint density at radius 2 is 2.31 bits per heavy atom. The molecule has 1 atom stereocenters. The Balaban J connectivity index is 1.87. The molecule has 0 aliphatic heterocycles. The van der Waals surface area contributed by atoms with Gasteiger partial charge in [-0.25, -0.2) is 9.97 Å². The number of hydrogen-bond donors (Lipinski definition) is 1. The summed E-state index contributed by atoms with van der Waals surface area (Å²) in [6, 6.07) is 0. The van der Waals surface area contributed by atoms with E-state index in [9.17, 15) is 0 Å². The second-order valence-corrected chi connectivity index (χ2v) is 5.43. The summed E-state index contributed by atoms with van der Waals surface area (Å²) in [5.74, 6) is 0.439. The molecule has 0 saturated heterocycles. The van der Waals surface area contributed by atoms with Crippen LogP contribution in [-0.2, 0) is 6.42 Å². The van der Waals surface area contributed by atoms with Crippen LogP contribution in [0.25, 0.3) is 0 Å². The van der Waals surface area contributed by atoms with Crippen molar-refractivity contribution >= 4 is 27.8 Å². The Morgan fingerprint density at radius 3 is 2.94 bits per heavy atom. The van der Waals surface area contributed by atoms with E-state index < -0.39 is 0 Å². The van der Waals surface area contributed by atoms with Crippen LogP contribution < -0.4 is 5.32 Å². The van der Waals surface area contributed by atoms with Crippen molar-refractivity contribution in [2.45, 2.75) is 26.2 Å². The quantitative estimate of drug-likeness (QED) is 0.887. The van der Waals surface area contributed by atoms with E-state index in [1.165, 1.54) is 5.01 Å². The van der Waals surface area contributed by atoms with Crippen molar-refractivity contribution in [2.24, 2.45) is 0 Å². The topological polar surface area (TPSA) is 37.8 Å². The van der Waals surface area contributed by atoms with E-state index >= 15 is 0 Å². The molecule has 0 bridgehead atoms. The lowest BCUT2D eigenvalue weighted by molar-refractivity contribution is 0.793. The van der Waals surface area contributed by atoms with E-state index in [-0.39, 0.29) is 0 Å². The van der Waals surface area contributed by atoms with Gasteiger partial charge < -0.3 is 5.32 Å². The predicted octanol–water partition coefficient (Wildman–Crippen LogP) is 3.38. The zero-order valence-corrected chi connectivity index (χ0v) is 11.1. The highest BCUT2D eigenvalue weighted by molar-refractivity contribution is 7.13. The molecular weight excluding hydrogens is 238 g/mol. The normalized spacial score (nSPS) is 12.6. The van der Waals surface area contributed by atoms with E-state index in [0.29, 0.717) is 5.92 Å². The zero-order chi connectivity index (χ0) is 11.4. The lowest BCUT2D eigenvalue weighted by Crippen LogP contribution is -2.09. The summed E-state index contributed by atoms with van der Waals surface area (Å²) in [7, 11) is 0. The fourth-order valence-electron chi connectivity index (χ4n) is 1.36. The average Bonchev–Trinajstić information content (AvgIpc) is 2.96. The van der Waals surface area contributed by atoms with Crippen LogP contribution in [0.4, 0.5) is 5.13 Å². The van der Waals surface area contributed by atoms with Crippen LogP contribution in [0, 0.1) is 0 Å². The molecule has 2 rings (SSSR count). The second-order valence-electron chi connectivity index (χ2n) is 3.65. The third-order valence-electron chi connectivity index (χ3n) is 2.35. The number of rotatable bonds is 5. The summed E-state index contributed by atoms with van der Waals surface area (Å²) < 4.78 is 0. The number of hydrogen-bond acceptors (Lipinski definition) is 5. The first-order valence-electron chi connectivity index (χ1n) is 5.37. The molecule has 5 heteroatoms.